The first-order valence-electron chi connectivity index (χ1n) is 19.3. The molecule has 0 N–H and O–H groups in total. The molecule has 0 amide bonds. The molecule has 0 bridgehead atoms. The molecule has 3 aliphatic carbocycles. The van der Waals surface area contributed by atoms with Gasteiger partial charge in [-0.05, 0) is 99.7 Å². The molecule has 7 aromatic rings. The number of allylic oxidation sites excluding steroid dienone is 7. The van der Waals surface area contributed by atoms with Crippen LogP contribution in [0.15, 0.2) is 180 Å². The Kier molecular flexibility index (Phi) is 7.70. The second kappa shape index (κ2) is 12.8. The molecule has 1 heterocycles. The van der Waals surface area contributed by atoms with Crippen molar-refractivity contribution in [2.45, 2.75) is 44.9 Å². The summed E-state index contributed by atoms with van der Waals surface area (Å²) in [5.74, 6) is 0.803. The van der Waals surface area contributed by atoms with Crippen molar-refractivity contribution in [2.24, 2.45) is 5.92 Å². The summed E-state index contributed by atoms with van der Waals surface area (Å²) in [5, 5.41) is 2.35. The quantitative estimate of drug-likeness (QED) is 0.172. The van der Waals surface area contributed by atoms with E-state index in [2.05, 4.69) is 196 Å². The van der Waals surface area contributed by atoms with Crippen LogP contribution in [0.5, 0.6) is 0 Å². The SMILES string of the molecule is CC1CC(c2ccccc2)=CC=C1c1ccc(N(C2=CCC(c3ccccc3)C=C2)c2ccc3c(c2)C(C)(C)c2ccc4c(oc5ccccc54)c2-3)cc1. The van der Waals surface area contributed by atoms with Gasteiger partial charge in [-0.1, -0.05) is 154 Å². The van der Waals surface area contributed by atoms with Gasteiger partial charge in [0.05, 0.1) is 0 Å². The highest BCUT2D eigenvalue weighted by Gasteiger charge is 2.38. The van der Waals surface area contributed by atoms with E-state index in [1.165, 1.54) is 66.6 Å². The Hall–Kier alpha value is -6.12. The number of para-hydroxylation sites is 1. The lowest BCUT2D eigenvalue weighted by atomic mass is 9.82. The normalized spacial score (nSPS) is 18.5. The highest BCUT2D eigenvalue weighted by atomic mass is 16.3. The molecule has 3 aliphatic rings. The maximum absolute atomic E-state index is 6.59. The van der Waals surface area contributed by atoms with Crippen LogP contribution in [-0.2, 0) is 5.41 Å². The number of rotatable bonds is 6. The standard InChI is InChI=1S/C52H43NO/c1-34-32-39(36-14-8-5-9-15-36)22-28-43(34)38-20-25-41(26-21-38)53(40-23-18-37(19-24-40)35-12-6-4-7-13-35)42-27-29-46-48(33-42)52(2,3)47-31-30-45-44-16-10-11-17-49(44)54-51(45)50(46)47/h4-18,20-31,33-34,37H,19,32H2,1-3H3. The number of hydrogen-bond donors (Lipinski definition) is 0. The van der Waals surface area contributed by atoms with Crippen LogP contribution in [0, 0.1) is 5.92 Å². The average molecular weight is 698 g/mol. The van der Waals surface area contributed by atoms with Crippen LogP contribution in [0.1, 0.15) is 67.3 Å². The van der Waals surface area contributed by atoms with Crippen molar-refractivity contribution < 1.29 is 4.42 Å². The third-order valence-electron chi connectivity index (χ3n) is 12.1. The van der Waals surface area contributed by atoms with Crippen LogP contribution in [0.25, 0.3) is 44.2 Å². The first-order valence-corrected chi connectivity index (χ1v) is 19.3. The van der Waals surface area contributed by atoms with E-state index in [0.29, 0.717) is 11.8 Å². The molecule has 0 spiro atoms. The zero-order valence-electron chi connectivity index (χ0n) is 31.1. The van der Waals surface area contributed by atoms with Gasteiger partial charge in [-0.2, -0.15) is 0 Å². The molecule has 0 saturated heterocycles. The molecule has 0 aliphatic heterocycles. The van der Waals surface area contributed by atoms with E-state index >= 15 is 0 Å². The van der Waals surface area contributed by atoms with Gasteiger partial charge in [-0.3, -0.25) is 0 Å². The number of fused-ring (bicyclic) bond motifs is 7. The van der Waals surface area contributed by atoms with E-state index in [9.17, 15) is 0 Å². The summed E-state index contributed by atoms with van der Waals surface area (Å²) in [4.78, 5) is 2.45. The molecule has 2 heteroatoms. The van der Waals surface area contributed by atoms with Gasteiger partial charge in [-0.25, -0.2) is 0 Å². The molecule has 2 atom stereocenters. The van der Waals surface area contributed by atoms with Crippen molar-refractivity contribution >= 4 is 44.5 Å². The fraction of sp³-hybridized carbons (Fsp3) is 0.154. The predicted octanol–water partition coefficient (Wildman–Crippen LogP) is 14.2. The van der Waals surface area contributed by atoms with E-state index in [1.54, 1.807) is 0 Å². The van der Waals surface area contributed by atoms with Crippen LogP contribution in [0.2, 0.25) is 0 Å². The third-order valence-corrected chi connectivity index (χ3v) is 12.1. The topological polar surface area (TPSA) is 16.4 Å². The molecular formula is C52H43NO. The van der Waals surface area contributed by atoms with Gasteiger partial charge in [0.2, 0.25) is 0 Å². The van der Waals surface area contributed by atoms with Crippen LogP contribution in [0.4, 0.5) is 11.4 Å². The van der Waals surface area contributed by atoms with E-state index in [0.717, 1.165) is 35.4 Å². The number of hydrogen-bond acceptors (Lipinski definition) is 2. The van der Waals surface area contributed by atoms with Crippen molar-refractivity contribution in [3.8, 4) is 11.1 Å². The highest BCUT2D eigenvalue weighted by molar-refractivity contribution is 6.11. The first kappa shape index (κ1) is 32.5. The molecule has 10 rings (SSSR count). The minimum atomic E-state index is -0.186. The maximum Gasteiger partial charge on any atom is 0.143 e. The van der Waals surface area contributed by atoms with Crippen LogP contribution < -0.4 is 4.90 Å². The van der Waals surface area contributed by atoms with Gasteiger partial charge in [0.1, 0.15) is 11.2 Å². The number of nitrogens with zero attached hydrogens (tertiary/aromatic N) is 1. The Bertz CT molecular complexity index is 2690. The lowest BCUT2D eigenvalue weighted by molar-refractivity contribution is 0.653. The Balaban J connectivity index is 1.05. The van der Waals surface area contributed by atoms with Gasteiger partial charge in [0, 0.05) is 44.7 Å². The lowest BCUT2D eigenvalue weighted by Gasteiger charge is -2.31. The van der Waals surface area contributed by atoms with E-state index in [-0.39, 0.29) is 5.41 Å². The average Bonchev–Trinajstić information content (AvgIpc) is 3.71. The van der Waals surface area contributed by atoms with Crippen molar-refractivity contribution in [2.75, 3.05) is 4.90 Å². The third kappa shape index (κ3) is 5.31. The van der Waals surface area contributed by atoms with E-state index < -0.39 is 0 Å². The zero-order valence-corrected chi connectivity index (χ0v) is 31.1. The number of benzene rings is 6. The summed E-state index contributed by atoms with van der Waals surface area (Å²) in [6.07, 6.45) is 13.8. The summed E-state index contributed by atoms with van der Waals surface area (Å²) in [7, 11) is 0. The second-order valence-electron chi connectivity index (χ2n) is 15.7. The summed E-state index contributed by atoms with van der Waals surface area (Å²) in [5.41, 5.74) is 17.2. The Morgan fingerprint density at radius 1 is 0.667 bits per heavy atom. The molecular weight excluding hydrogens is 655 g/mol. The second-order valence-corrected chi connectivity index (χ2v) is 15.7. The lowest BCUT2D eigenvalue weighted by Crippen LogP contribution is -2.19. The fourth-order valence-electron chi connectivity index (χ4n) is 9.21. The van der Waals surface area contributed by atoms with Crippen LogP contribution >= 0.6 is 0 Å². The van der Waals surface area contributed by atoms with Crippen molar-refractivity contribution in [3.05, 3.63) is 203 Å². The minimum absolute atomic E-state index is 0.186. The smallest absolute Gasteiger partial charge is 0.143 e. The van der Waals surface area contributed by atoms with Gasteiger partial charge < -0.3 is 9.32 Å². The molecule has 2 unspecified atom stereocenters. The molecule has 0 radical (unpaired) electrons. The van der Waals surface area contributed by atoms with Crippen LogP contribution in [0.3, 0.4) is 0 Å². The van der Waals surface area contributed by atoms with Crippen molar-refractivity contribution in [1.82, 2.24) is 0 Å². The van der Waals surface area contributed by atoms with Gasteiger partial charge in [0.25, 0.3) is 0 Å². The molecule has 1 aromatic heterocycles. The monoisotopic (exact) mass is 697 g/mol. The van der Waals surface area contributed by atoms with Crippen molar-refractivity contribution in [1.29, 1.82) is 0 Å². The first-order chi connectivity index (χ1) is 26.4. The summed E-state index contributed by atoms with van der Waals surface area (Å²) in [6.45, 7) is 7.07. The van der Waals surface area contributed by atoms with Gasteiger partial charge >= 0.3 is 0 Å². The Morgan fingerprint density at radius 2 is 1.41 bits per heavy atom. The highest BCUT2D eigenvalue weighted by Crippen LogP contribution is 2.54. The van der Waals surface area contributed by atoms with Crippen molar-refractivity contribution in [3.63, 3.8) is 0 Å². The largest absolute Gasteiger partial charge is 0.455 e. The van der Waals surface area contributed by atoms with E-state index in [4.69, 9.17) is 4.42 Å². The Morgan fingerprint density at radius 3 is 2.17 bits per heavy atom. The summed E-state index contributed by atoms with van der Waals surface area (Å²) >= 11 is 0. The summed E-state index contributed by atoms with van der Waals surface area (Å²) in [6, 6.07) is 50.9. The molecule has 262 valence electrons. The predicted molar refractivity (Wildman–Crippen MR) is 227 cm³/mol. The molecule has 0 saturated carbocycles. The molecule has 0 fully saturated rings. The Labute approximate surface area is 318 Å². The zero-order chi connectivity index (χ0) is 36.4. The molecule has 54 heavy (non-hydrogen) atoms. The maximum atomic E-state index is 6.59. The van der Waals surface area contributed by atoms with E-state index in [1.807, 2.05) is 0 Å². The number of furan rings is 1. The molecule has 2 nitrogen and oxygen atoms in total. The molecule has 6 aromatic carbocycles. The van der Waals surface area contributed by atoms with Gasteiger partial charge in [-0.15, -0.1) is 0 Å². The minimum Gasteiger partial charge on any atom is -0.455 e. The summed E-state index contributed by atoms with van der Waals surface area (Å²) < 4.78 is 6.59. The number of anilines is 2. The van der Waals surface area contributed by atoms with Gasteiger partial charge in [0.15, 0.2) is 0 Å². The van der Waals surface area contributed by atoms with Crippen LogP contribution in [-0.4, -0.2) is 0 Å². The fourth-order valence-corrected chi connectivity index (χ4v) is 9.21.